The van der Waals surface area contributed by atoms with Crippen LogP contribution < -0.4 is 4.74 Å². The van der Waals surface area contributed by atoms with Crippen LogP contribution in [0.4, 0.5) is 0 Å². The van der Waals surface area contributed by atoms with Crippen LogP contribution >= 0.6 is 11.6 Å². The van der Waals surface area contributed by atoms with Crippen molar-refractivity contribution in [2.45, 2.75) is 39.8 Å². The highest BCUT2D eigenvalue weighted by molar-refractivity contribution is 6.30. The van der Waals surface area contributed by atoms with Crippen molar-refractivity contribution >= 4 is 28.5 Å². The molecule has 0 aliphatic heterocycles. The summed E-state index contributed by atoms with van der Waals surface area (Å²) in [5, 5.41) is 0.694. The standard InChI is InChI=1S/C22H26ClN3O2/c1-4-26-19-9-6-5-8-18(19)24-21(26)15-25(3)22(27)10-7-13-28-20-12-11-17(23)14-16(20)2/h5-6,8-9,11-12,14H,4,7,10,13,15H2,1-3H3. The highest BCUT2D eigenvalue weighted by atomic mass is 35.5. The van der Waals surface area contributed by atoms with Crippen molar-refractivity contribution in [3.63, 3.8) is 0 Å². The molecule has 2 aromatic carbocycles. The van der Waals surface area contributed by atoms with E-state index in [-0.39, 0.29) is 5.91 Å². The quantitative estimate of drug-likeness (QED) is 0.509. The summed E-state index contributed by atoms with van der Waals surface area (Å²) in [5.74, 6) is 1.81. The number of nitrogens with zero attached hydrogens (tertiary/aromatic N) is 3. The van der Waals surface area contributed by atoms with Crippen molar-refractivity contribution in [1.82, 2.24) is 14.5 Å². The van der Waals surface area contributed by atoms with E-state index in [1.807, 2.05) is 50.4 Å². The number of para-hydroxylation sites is 2. The summed E-state index contributed by atoms with van der Waals surface area (Å²) < 4.78 is 7.93. The van der Waals surface area contributed by atoms with Gasteiger partial charge >= 0.3 is 0 Å². The van der Waals surface area contributed by atoms with Crippen LogP contribution in [0.5, 0.6) is 5.75 Å². The lowest BCUT2D eigenvalue weighted by Crippen LogP contribution is -2.27. The molecule has 0 aliphatic rings. The second-order valence-corrected chi connectivity index (χ2v) is 7.31. The van der Waals surface area contributed by atoms with Crippen molar-refractivity contribution in [2.24, 2.45) is 0 Å². The molecule has 1 aromatic heterocycles. The van der Waals surface area contributed by atoms with E-state index in [1.54, 1.807) is 4.90 Å². The summed E-state index contributed by atoms with van der Waals surface area (Å²) in [6, 6.07) is 13.6. The molecule has 0 unspecified atom stereocenters. The van der Waals surface area contributed by atoms with Gasteiger partial charge in [-0.2, -0.15) is 0 Å². The van der Waals surface area contributed by atoms with Gasteiger partial charge in [0, 0.05) is 25.0 Å². The summed E-state index contributed by atoms with van der Waals surface area (Å²) in [4.78, 5) is 18.9. The number of carbonyl (C=O) groups is 1. The van der Waals surface area contributed by atoms with Gasteiger partial charge in [-0.3, -0.25) is 4.79 Å². The zero-order valence-corrected chi connectivity index (χ0v) is 17.4. The van der Waals surface area contributed by atoms with Crippen LogP contribution in [0.25, 0.3) is 11.0 Å². The van der Waals surface area contributed by atoms with E-state index >= 15 is 0 Å². The lowest BCUT2D eigenvalue weighted by Gasteiger charge is -2.18. The number of aromatic nitrogens is 2. The molecule has 0 N–H and O–H groups in total. The molecule has 148 valence electrons. The first kappa shape index (κ1) is 20.2. The summed E-state index contributed by atoms with van der Waals surface area (Å²) in [5.41, 5.74) is 3.06. The number of aryl methyl sites for hydroxylation is 2. The fraction of sp³-hybridized carbons (Fsp3) is 0.364. The summed E-state index contributed by atoms with van der Waals surface area (Å²) in [6.45, 7) is 5.87. The number of rotatable bonds is 8. The predicted molar refractivity (Wildman–Crippen MR) is 113 cm³/mol. The van der Waals surface area contributed by atoms with Gasteiger partial charge in [0.1, 0.15) is 11.6 Å². The fourth-order valence-corrected chi connectivity index (χ4v) is 3.50. The molecule has 0 saturated carbocycles. The Balaban J connectivity index is 1.52. The molecule has 0 bridgehead atoms. The van der Waals surface area contributed by atoms with E-state index in [9.17, 15) is 4.79 Å². The minimum atomic E-state index is 0.0890. The van der Waals surface area contributed by atoms with Crippen molar-refractivity contribution in [1.29, 1.82) is 0 Å². The molecule has 3 aromatic rings. The predicted octanol–water partition coefficient (Wildman–Crippen LogP) is 4.84. The molecule has 0 fully saturated rings. The van der Waals surface area contributed by atoms with Gasteiger partial charge in [0.25, 0.3) is 0 Å². The second-order valence-electron chi connectivity index (χ2n) is 6.87. The number of amides is 1. The molecule has 0 aliphatic carbocycles. The molecule has 0 atom stereocenters. The number of imidazole rings is 1. The Morgan fingerprint density at radius 2 is 2.04 bits per heavy atom. The Morgan fingerprint density at radius 3 is 2.79 bits per heavy atom. The molecule has 6 heteroatoms. The van der Waals surface area contributed by atoms with Crippen molar-refractivity contribution in [2.75, 3.05) is 13.7 Å². The second kappa shape index (κ2) is 9.11. The van der Waals surface area contributed by atoms with E-state index in [1.165, 1.54) is 0 Å². The van der Waals surface area contributed by atoms with Crippen molar-refractivity contribution < 1.29 is 9.53 Å². The van der Waals surface area contributed by atoms with Gasteiger partial charge in [0.05, 0.1) is 24.2 Å². The van der Waals surface area contributed by atoms with E-state index in [0.717, 1.165) is 34.7 Å². The van der Waals surface area contributed by atoms with Crippen LogP contribution in [0.2, 0.25) is 5.02 Å². The van der Waals surface area contributed by atoms with Crippen LogP contribution in [0.15, 0.2) is 42.5 Å². The van der Waals surface area contributed by atoms with Crippen molar-refractivity contribution in [3.05, 3.63) is 58.9 Å². The van der Waals surface area contributed by atoms with E-state index in [0.29, 0.717) is 31.0 Å². The molecular weight excluding hydrogens is 374 g/mol. The molecule has 0 spiro atoms. The Morgan fingerprint density at radius 1 is 1.25 bits per heavy atom. The van der Waals surface area contributed by atoms with Gasteiger partial charge in [-0.15, -0.1) is 0 Å². The Kier molecular flexibility index (Phi) is 6.57. The van der Waals surface area contributed by atoms with Gasteiger partial charge < -0.3 is 14.2 Å². The number of hydrogen-bond acceptors (Lipinski definition) is 3. The van der Waals surface area contributed by atoms with Crippen molar-refractivity contribution in [3.8, 4) is 5.75 Å². The first-order valence-electron chi connectivity index (χ1n) is 9.56. The maximum absolute atomic E-state index is 12.5. The van der Waals surface area contributed by atoms with E-state index in [2.05, 4.69) is 17.6 Å². The third kappa shape index (κ3) is 4.65. The average Bonchev–Trinajstić information content (AvgIpc) is 3.03. The van der Waals surface area contributed by atoms with Gasteiger partial charge in [-0.1, -0.05) is 23.7 Å². The topological polar surface area (TPSA) is 47.4 Å². The molecule has 0 saturated heterocycles. The summed E-state index contributed by atoms with van der Waals surface area (Å²) >= 11 is 5.96. The minimum absolute atomic E-state index is 0.0890. The maximum atomic E-state index is 12.5. The number of halogens is 1. The molecule has 0 radical (unpaired) electrons. The number of ether oxygens (including phenoxy) is 1. The smallest absolute Gasteiger partial charge is 0.222 e. The molecule has 5 nitrogen and oxygen atoms in total. The normalized spacial score (nSPS) is 11.0. The highest BCUT2D eigenvalue weighted by Crippen LogP contribution is 2.22. The first-order chi connectivity index (χ1) is 13.5. The van der Waals surface area contributed by atoms with Crippen LogP contribution in [-0.4, -0.2) is 34.0 Å². The first-order valence-corrected chi connectivity index (χ1v) is 9.94. The molecule has 3 rings (SSSR count). The minimum Gasteiger partial charge on any atom is -0.493 e. The number of carbonyl (C=O) groups excluding carboxylic acids is 1. The fourth-order valence-electron chi connectivity index (χ4n) is 3.27. The molecule has 1 amide bonds. The van der Waals surface area contributed by atoms with Gasteiger partial charge in [-0.25, -0.2) is 4.98 Å². The SMILES string of the molecule is CCn1c(CN(C)C(=O)CCCOc2ccc(Cl)cc2C)nc2ccccc21. The summed E-state index contributed by atoms with van der Waals surface area (Å²) in [6.07, 6.45) is 1.10. The number of hydrogen-bond donors (Lipinski definition) is 0. The zero-order chi connectivity index (χ0) is 20.1. The number of benzene rings is 2. The number of fused-ring (bicyclic) bond motifs is 1. The van der Waals surface area contributed by atoms with Gasteiger partial charge in [-0.05, 0) is 56.2 Å². The third-order valence-electron chi connectivity index (χ3n) is 4.78. The molecule has 28 heavy (non-hydrogen) atoms. The van der Waals surface area contributed by atoms with Crippen LogP contribution in [0.3, 0.4) is 0 Å². The lowest BCUT2D eigenvalue weighted by atomic mass is 10.2. The monoisotopic (exact) mass is 399 g/mol. The Hall–Kier alpha value is -2.53. The average molecular weight is 400 g/mol. The van der Waals surface area contributed by atoms with E-state index in [4.69, 9.17) is 21.3 Å². The van der Waals surface area contributed by atoms with E-state index < -0.39 is 0 Å². The van der Waals surface area contributed by atoms with Crippen LogP contribution in [-0.2, 0) is 17.9 Å². The van der Waals surface area contributed by atoms with Crippen LogP contribution in [0, 0.1) is 6.92 Å². The largest absolute Gasteiger partial charge is 0.493 e. The summed E-state index contributed by atoms with van der Waals surface area (Å²) in [7, 11) is 1.83. The van der Waals surface area contributed by atoms with Crippen LogP contribution in [0.1, 0.15) is 31.2 Å². The molecule has 1 heterocycles. The highest BCUT2D eigenvalue weighted by Gasteiger charge is 2.15. The molecular formula is C22H26ClN3O2. The Labute approximate surface area is 170 Å². The van der Waals surface area contributed by atoms with Gasteiger partial charge in [0.2, 0.25) is 5.91 Å². The van der Waals surface area contributed by atoms with Gasteiger partial charge in [0.15, 0.2) is 0 Å². The zero-order valence-electron chi connectivity index (χ0n) is 16.6. The third-order valence-corrected chi connectivity index (χ3v) is 5.02. The maximum Gasteiger partial charge on any atom is 0.222 e. The lowest BCUT2D eigenvalue weighted by molar-refractivity contribution is -0.130. The Bertz CT molecular complexity index is 968.